The van der Waals surface area contributed by atoms with Gasteiger partial charge in [-0.05, 0) is 87.7 Å². The molecule has 0 atom stereocenters. The second kappa shape index (κ2) is 6.62. The van der Waals surface area contributed by atoms with Crippen molar-refractivity contribution < 1.29 is 0 Å². The summed E-state index contributed by atoms with van der Waals surface area (Å²) in [7, 11) is 2.22. The third-order valence-electron chi connectivity index (χ3n) is 5.81. The predicted octanol–water partition coefficient (Wildman–Crippen LogP) is 4.88. The Balaban J connectivity index is 1.54. The molecular weight excluding hydrogens is 268 g/mol. The van der Waals surface area contributed by atoms with Gasteiger partial charge in [0, 0.05) is 11.7 Å². The first-order valence-corrected chi connectivity index (χ1v) is 9.07. The number of anilines is 1. The highest BCUT2D eigenvalue weighted by atomic mass is 15.1. The van der Waals surface area contributed by atoms with E-state index in [1.54, 1.807) is 5.56 Å². The summed E-state index contributed by atoms with van der Waals surface area (Å²) >= 11 is 0. The van der Waals surface area contributed by atoms with E-state index in [4.69, 9.17) is 0 Å². The second-order valence-electron chi connectivity index (χ2n) is 8.28. The molecule has 1 aliphatic heterocycles. The normalized spacial score (nSPS) is 24.3. The van der Waals surface area contributed by atoms with E-state index in [1.807, 2.05) is 0 Å². The van der Waals surface area contributed by atoms with Gasteiger partial charge in [-0.2, -0.15) is 0 Å². The lowest BCUT2D eigenvalue weighted by atomic mass is 9.71. The summed E-state index contributed by atoms with van der Waals surface area (Å²) in [5.74, 6) is 0.783. The SMILES string of the molecule is CN1CCC(Nc2ccc(C3CCC(C)(C)CC3)cc2)CC1. The largest absolute Gasteiger partial charge is 0.382 e. The summed E-state index contributed by atoms with van der Waals surface area (Å²) in [6, 6.07) is 9.97. The van der Waals surface area contributed by atoms with Gasteiger partial charge in [-0.25, -0.2) is 0 Å². The van der Waals surface area contributed by atoms with Crippen LogP contribution < -0.4 is 5.32 Å². The molecule has 0 bridgehead atoms. The van der Waals surface area contributed by atoms with Gasteiger partial charge in [0.2, 0.25) is 0 Å². The maximum atomic E-state index is 3.72. The zero-order valence-corrected chi connectivity index (χ0v) is 14.6. The highest BCUT2D eigenvalue weighted by Gasteiger charge is 2.27. The molecule has 0 unspecified atom stereocenters. The minimum atomic E-state index is 0.562. The van der Waals surface area contributed by atoms with Crippen LogP contribution in [0.15, 0.2) is 24.3 Å². The van der Waals surface area contributed by atoms with Crippen LogP contribution in [-0.4, -0.2) is 31.1 Å². The van der Waals surface area contributed by atoms with Crippen molar-refractivity contribution in [2.75, 3.05) is 25.5 Å². The second-order valence-corrected chi connectivity index (χ2v) is 8.28. The first-order valence-electron chi connectivity index (χ1n) is 9.07. The first-order chi connectivity index (χ1) is 10.5. The number of hydrogen-bond acceptors (Lipinski definition) is 2. The van der Waals surface area contributed by atoms with Gasteiger partial charge in [-0.3, -0.25) is 0 Å². The van der Waals surface area contributed by atoms with Gasteiger partial charge in [0.1, 0.15) is 0 Å². The zero-order valence-electron chi connectivity index (χ0n) is 14.6. The van der Waals surface area contributed by atoms with E-state index in [2.05, 4.69) is 55.4 Å². The molecule has 1 heterocycles. The molecule has 1 aromatic carbocycles. The Labute approximate surface area is 136 Å². The highest BCUT2D eigenvalue weighted by Crippen LogP contribution is 2.42. The van der Waals surface area contributed by atoms with Gasteiger partial charge in [0.25, 0.3) is 0 Å². The van der Waals surface area contributed by atoms with Gasteiger partial charge in [-0.15, -0.1) is 0 Å². The Hall–Kier alpha value is -1.02. The van der Waals surface area contributed by atoms with Crippen LogP contribution in [-0.2, 0) is 0 Å². The molecule has 0 radical (unpaired) electrons. The van der Waals surface area contributed by atoms with Crippen LogP contribution in [0.25, 0.3) is 0 Å². The van der Waals surface area contributed by atoms with Crippen molar-refractivity contribution in [1.29, 1.82) is 0 Å². The van der Waals surface area contributed by atoms with Crippen molar-refractivity contribution in [2.45, 2.75) is 64.3 Å². The van der Waals surface area contributed by atoms with Gasteiger partial charge in [0.15, 0.2) is 0 Å². The third kappa shape index (κ3) is 4.04. The topological polar surface area (TPSA) is 15.3 Å². The minimum Gasteiger partial charge on any atom is -0.382 e. The van der Waals surface area contributed by atoms with Crippen molar-refractivity contribution >= 4 is 5.69 Å². The lowest BCUT2D eigenvalue weighted by Crippen LogP contribution is -2.36. The van der Waals surface area contributed by atoms with Gasteiger partial charge in [-0.1, -0.05) is 26.0 Å². The number of piperidine rings is 1. The van der Waals surface area contributed by atoms with E-state index < -0.39 is 0 Å². The molecule has 0 amide bonds. The smallest absolute Gasteiger partial charge is 0.0342 e. The molecule has 3 rings (SSSR count). The number of nitrogens with one attached hydrogen (secondary N) is 1. The van der Waals surface area contributed by atoms with Crippen molar-refractivity contribution in [3.63, 3.8) is 0 Å². The Kier molecular flexibility index (Phi) is 4.77. The lowest BCUT2D eigenvalue weighted by molar-refractivity contribution is 0.224. The number of nitrogens with zero attached hydrogens (tertiary/aromatic N) is 1. The standard InChI is InChI=1S/C20H32N2/c1-20(2)12-8-17(9-13-20)16-4-6-18(7-5-16)21-19-10-14-22(3)15-11-19/h4-7,17,19,21H,8-15H2,1-3H3. The van der Waals surface area contributed by atoms with Gasteiger partial charge < -0.3 is 10.2 Å². The average Bonchev–Trinajstić information content (AvgIpc) is 2.51. The summed E-state index contributed by atoms with van der Waals surface area (Å²) in [5, 5.41) is 3.72. The van der Waals surface area contributed by atoms with Crippen molar-refractivity contribution in [1.82, 2.24) is 4.90 Å². The van der Waals surface area contributed by atoms with Crippen molar-refractivity contribution in [3.8, 4) is 0 Å². The summed E-state index contributed by atoms with van der Waals surface area (Å²) in [6.45, 7) is 7.26. The first kappa shape index (κ1) is 15.9. The number of hydrogen-bond donors (Lipinski definition) is 1. The average molecular weight is 300 g/mol. The molecule has 2 nitrogen and oxygen atoms in total. The Morgan fingerprint density at radius 2 is 1.55 bits per heavy atom. The number of likely N-dealkylation sites (tertiary alicyclic amines) is 1. The van der Waals surface area contributed by atoms with Crippen LogP contribution in [0.2, 0.25) is 0 Å². The van der Waals surface area contributed by atoms with E-state index in [-0.39, 0.29) is 0 Å². The zero-order chi connectivity index (χ0) is 15.6. The van der Waals surface area contributed by atoms with Crippen LogP contribution in [0.4, 0.5) is 5.69 Å². The van der Waals surface area contributed by atoms with Crippen LogP contribution in [0.5, 0.6) is 0 Å². The lowest BCUT2D eigenvalue weighted by Gasteiger charge is -2.34. The molecule has 1 N–H and O–H groups in total. The van der Waals surface area contributed by atoms with Crippen LogP contribution in [0.3, 0.4) is 0 Å². The molecule has 1 aliphatic carbocycles. The fourth-order valence-corrected chi connectivity index (χ4v) is 3.97. The molecular formula is C20H32N2. The molecule has 2 heteroatoms. The maximum absolute atomic E-state index is 3.72. The Bertz CT molecular complexity index is 459. The Morgan fingerprint density at radius 3 is 2.14 bits per heavy atom. The molecule has 22 heavy (non-hydrogen) atoms. The maximum Gasteiger partial charge on any atom is 0.0342 e. The highest BCUT2D eigenvalue weighted by molar-refractivity contribution is 5.46. The monoisotopic (exact) mass is 300 g/mol. The van der Waals surface area contributed by atoms with E-state index in [0.717, 1.165) is 5.92 Å². The summed E-state index contributed by atoms with van der Waals surface area (Å²) in [5.41, 5.74) is 3.41. The predicted molar refractivity (Wildman–Crippen MR) is 95.6 cm³/mol. The minimum absolute atomic E-state index is 0.562. The van der Waals surface area contributed by atoms with E-state index >= 15 is 0 Å². The summed E-state index contributed by atoms with van der Waals surface area (Å²) in [4.78, 5) is 2.42. The van der Waals surface area contributed by atoms with Gasteiger partial charge >= 0.3 is 0 Å². The molecule has 2 fully saturated rings. The molecule has 0 aromatic heterocycles. The van der Waals surface area contributed by atoms with E-state index in [9.17, 15) is 0 Å². The van der Waals surface area contributed by atoms with E-state index in [1.165, 1.54) is 57.3 Å². The molecule has 122 valence electrons. The van der Waals surface area contributed by atoms with Crippen molar-refractivity contribution in [2.24, 2.45) is 5.41 Å². The molecule has 1 aromatic rings. The third-order valence-corrected chi connectivity index (χ3v) is 5.81. The van der Waals surface area contributed by atoms with E-state index in [0.29, 0.717) is 11.5 Å². The number of rotatable bonds is 3. The Morgan fingerprint density at radius 1 is 0.955 bits per heavy atom. The molecule has 1 saturated carbocycles. The molecule has 2 aliphatic rings. The fraction of sp³-hybridized carbons (Fsp3) is 0.700. The van der Waals surface area contributed by atoms with Crippen LogP contribution in [0.1, 0.15) is 63.9 Å². The molecule has 1 saturated heterocycles. The van der Waals surface area contributed by atoms with Gasteiger partial charge in [0.05, 0.1) is 0 Å². The summed E-state index contributed by atoms with van der Waals surface area (Å²) in [6.07, 6.45) is 7.97. The summed E-state index contributed by atoms with van der Waals surface area (Å²) < 4.78 is 0. The van der Waals surface area contributed by atoms with Crippen LogP contribution >= 0.6 is 0 Å². The van der Waals surface area contributed by atoms with Crippen molar-refractivity contribution in [3.05, 3.63) is 29.8 Å². The number of benzene rings is 1. The quantitative estimate of drug-likeness (QED) is 0.856. The molecule has 0 spiro atoms. The van der Waals surface area contributed by atoms with Crippen LogP contribution in [0, 0.1) is 5.41 Å². The fourth-order valence-electron chi connectivity index (χ4n) is 3.97.